The molecule has 1 fully saturated rings. The Balaban J connectivity index is 0. The van der Waals surface area contributed by atoms with Crippen LogP contribution in [0.25, 0.3) is 0 Å². The van der Waals surface area contributed by atoms with E-state index < -0.39 is 36.4 Å². The molecule has 32 heavy (non-hydrogen) atoms. The molecule has 2 rings (SSSR count). The number of alkyl halides is 9. The van der Waals surface area contributed by atoms with Crippen molar-refractivity contribution in [1.82, 2.24) is 15.3 Å². The number of aliphatic carboxylic acids is 3. The first kappa shape index (κ1) is 31.0. The fourth-order valence-corrected chi connectivity index (χ4v) is 1.20. The number of nitrogens with one attached hydrogen (secondary N) is 1. The normalized spacial score (nSPS) is 13.6. The maximum absolute atomic E-state index is 10.6. The second-order valence-corrected chi connectivity index (χ2v) is 5.29. The van der Waals surface area contributed by atoms with Crippen LogP contribution in [-0.4, -0.2) is 74.8 Å². The zero-order valence-electron chi connectivity index (χ0n) is 15.5. The Morgan fingerprint density at radius 3 is 1.34 bits per heavy atom. The van der Waals surface area contributed by atoms with Gasteiger partial charge in [-0.2, -0.15) is 39.5 Å². The molecule has 184 valence electrons. The second kappa shape index (κ2) is 12.6. The fourth-order valence-electron chi connectivity index (χ4n) is 1.20. The number of rotatable bonds is 1. The summed E-state index contributed by atoms with van der Waals surface area (Å²) in [6.45, 7) is 4.06. The highest BCUT2D eigenvalue weighted by atomic mass is 19.4. The van der Waals surface area contributed by atoms with Crippen LogP contribution in [0.4, 0.5) is 39.5 Å². The Morgan fingerprint density at radius 1 is 0.844 bits per heavy atom. The van der Waals surface area contributed by atoms with Crippen molar-refractivity contribution in [2.24, 2.45) is 0 Å². The van der Waals surface area contributed by atoms with E-state index in [9.17, 15) is 39.5 Å². The number of nitrogens with zero attached hydrogens (tertiary/aromatic N) is 2. The van der Waals surface area contributed by atoms with Crippen LogP contribution in [0, 0.1) is 6.92 Å². The molecular weight excluding hydrogens is 477 g/mol. The van der Waals surface area contributed by atoms with Gasteiger partial charge in [0.1, 0.15) is 5.82 Å². The van der Waals surface area contributed by atoms with Crippen LogP contribution < -0.4 is 5.32 Å². The molecule has 0 saturated carbocycles. The number of aryl methyl sites for hydroxylation is 1. The molecule has 2 heterocycles. The zero-order valence-corrected chi connectivity index (χ0v) is 15.5. The van der Waals surface area contributed by atoms with Crippen molar-refractivity contribution in [2.45, 2.75) is 31.4 Å². The zero-order chi connectivity index (χ0) is 25.9. The van der Waals surface area contributed by atoms with E-state index in [1.54, 1.807) is 0 Å². The molecule has 0 bridgehead atoms. The van der Waals surface area contributed by atoms with Crippen molar-refractivity contribution in [3.8, 4) is 0 Å². The Kier molecular flexibility index (Phi) is 12.2. The predicted octanol–water partition coefficient (Wildman–Crippen LogP) is 2.37. The third-order valence-electron chi connectivity index (χ3n) is 2.72. The van der Waals surface area contributed by atoms with Crippen molar-refractivity contribution in [3.05, 3.63) is 23.8 Å². The van der Waals surface area contributed by atoms with Gasteiger partial charge in [0.25, 0.3) is 0 Å². The minimum atomic E-state index is -5.08. The van der Waals surface area contributed by atoms with E-state index >= 15 is 0 Å². The number of carboxylic acid groups (broad SMARTS) is 3. The first-order chi connectivity index (χ1) is 14.2. The molecule has 18 heteroatoms. The summed E-state index contributed by atoms with van der Waals surface area (Å²) in [4.78, 5) is 35.1. The number of carboxylic acids is 3. The van der Waals surface area contributed by atoms with E-state index in [-0.39, 0.29) is 0 Å². The van der Waals surface area contributed by atoms with Gasteiger partial charge in [0.05, 0.1) is 0 Å². The molecule has 0 amide bonds. The molecule has 0 radical (unpaired) electrons. The number of hydrogen-bond donors (Lipinski definition) is 4. The molecule has 0 spiro atoms. The van der Waals surface area contributed by atoms with E-state index in [0.717, 1.165) is 18.9 Å². The molecule has 1 aliphatic heterocycles. The van der Waals surface area contributed by atoms with Gasteiger partial charge in [0.15, 0.2) is 0 Å². The monoisotopic (exact) mass is 491 g/mol. The van der Waals surface area contributed by atoms with Crippen LogP contribution in [0.3, 0.4) is 0 Å². The first-order valence-electron chi connectivity index (χ1n) is 7.60. The topological polar surface area (TPSA) is 150 Å². The van der Waals surface area contributed by atoms with E-state index in [0.29, 0.717) is 5.92 Å². The Morgan fingerprint density at radius 2 is 1.16 bits per heavy atom. The van der Waals surface area contributed by atoms with Crippen molar-refractivity contribution in [1.29, 1.82) is 0 Å². The summed E-state index contributed by atoms with van der Waals surface area (Å²) in [7, 11) is 0. The highest BCUT2D eigenvalue weighted by Crippen LogP contribution is 2.16. The van der Waals surface area contributed by atoms with Crippen LogP contribution in [0.2, 0.25) is 0 Å². The Labute approximate surface area is 171 Å². The minimum absolute atomic E-state index is 0.622. The molecule has 0 unspecified atom stereocenters. The Hall–Kier alpha value is -3.18. The standard InChI is InChI=1S/C8H11N3.3C2HF3O2/c1-6-10-3-2-8(11-6)7-4-9-5-7;3*3-2(4,5)1(6)7/h2-3,7,9H,4-5H2,1H3;3*(H,6,7). The summed E-state index contributed by atoms with van der Waals surface area (Å²) in [6.07, 6.45) is -13.4. The average Bonchev–Trinajstić information content (AvgIpc) is 2.52. The molecule has 1 aromatic heterocycles. The molecule has 9 nitrogen and oxygen atoms in total. The van der Waals surface area contributed by atoms with Gasteiger partial charge in [-0.25, -0.2) is 24.4 Å². The van der Waals surface area contributed by atoms with Crippen LogP contribution in [-0.2, 0) is 14.4 Å². The Bertz CT molecular complexity index is 704. The lowest BCUT2D eigenvalue weighted by molar-refractivity contribution is -0.193. The summed E-state index contributed by atoms with van der Waals surface area (Å²) in [5, 5.41) is 24.6. The molecule has 0 aromatic carbocycles. The van der Waals surface area contributed by atoms with Gasteiger partial charge >= 0.3 is 36.4 Å². The average molecular weight is 491 g/mol. The number of hydrogen-bond acceptors (Lipinski definition) is 6. The highest BCUT2D eigenvalue weighted by molar-refractivity contribution is 5.73. The van der Waals surface area contributed by atoms with Crippen LogP contribution in [0.1, 0.15) is 17.4 Å². The summed E-state index contributed by atoms with van der Waals surface area (Å²) < 4.78 is 95.2. The SMILES string of the molecule is Cc1nccc(C2CNC2)n1.O=C(O)C(F)(F)F.O=C(O)C(F)(F)F.O=C(O)C(F)(F)F. The first-order valence-corrected chi connectivity index (χ1v) is 7.60. The van der Waals surface area contributed by atoms with E-state index in [4.69, 9.17) is 29.7 Å². The lowest BCUT2D eigenvalue weighted by Gasteiger charge is -2.26. The van der Waals surface area contributed by atoms with Gasteiger partial charge in [-0.1, -0.05) is 0 Å². The number of halogens is 9. The second-order valence-electron chi connectivity index (χ2n) is 5.29. The number of carbonyl (C=O) groups is 3. The molecule has 1 aliphatic rings. The lowest BCUT2D eigenvalue weighted by Crippen LogP contribution is -2.40. The van der Waals surface area contributed by atoms with Gasteiger partial charge in [-0.3, -0.25) is 0 Å². The summed E-state index contributed by atoms with van der Waals surface area (Å²) in [6, 6.07) is 2.00. The van der Waals surface area contributed by atoms with Crippen LogP contribution >= 0.6 is 0 Å². The fraction of sp³-hybridized carbons (Fsp3) is 0.500. The van der Waals surface area contributed by atoms with E-state index in [1.807, 2.05) is 19.2 Å². The lowest BCUT2D eigenvalue weighted by atomic mass is 9.99. The van der Waals surface area contributed by atoms with E-state index in [2.05, 4.69) is 15.3 Å². The van der Waals surface area contributed by atoms with Crippen molar-refractivity contribution in [2.75, 3.05) is 13.1 Å². The van der Waals surface area contributed by atoms with Gasteiger partial charge in [-0.15, -0.1) is 0 Å². The quantitative estimate of drug-likeness (QED) is 0.435. The highest BCUT2D eigenvalue weighted by Gasteiger charge is 2.39. The van der Waals surface area contributed by atoms with Gasteiger partial charge in [0.2, 0.25) is 0 Å². The smallest absolute Gasteiger partial charge is 0.475 e. The van der Waals surface area contributed by atoms with Gasteiger partial charge < -0.3 is 20.6 Å². The maximum Gasteiger partial charge on any atom is 0.490 e. The molecule has 0 aliphatic carbocycles. The minimum Gasteiger partial charge on any atom is -0.475 e. The number of aromatic nitrogens is 2. The van der Waals surface area contributed by atoms with Crippen LogP contribution in [0.5, 0.6) is 0 Å². The predicted molar refractivity (Wildman–Crippen MR) is 83.5 cm³/mol. The molecule has 0 atom stereocenters. The molecule has 1 saturated heterocycles. The van der Waals surface area contributed by atoms with Crippen molar-refractivity contribution < 1.29 is 69.2 Å². The molecule has 1 aromatic rings. The van der Waals surface area contributed by atoms with Gasteiger partial charge in [0, 0.05) is 30.9 Å². The van der Waals surface area contributed by atoms with Gasteiger partial charge in [-0.05, 0) is 13.0 Å². The summed E-state index contributed by atoms with van der Waals surface area (Å²) in [5.41, 5.74) is 1.18. The largest absolute Gasteiger partial charge is 0.490 e. The maximum atomic E-state index is 10.6. The van der Waals surface area contributed by atoms with Crippen molar-refractivity contribution in [3.63, 3.8) is 0 Å². The van der Waals surface area contributed by atoms with Crippen molar-refractivity contribution >= 4 is 17.9 Å². The summed E-state index contributed by atoms with van der Waals surface area (Å²) in [5.74, 6) is -6.78. The molecular formula is C14H14F9N3O6. The molecule has 4 N–H and O–H groups in total. The van der Waals surface area contributed by atoms with Crippen LogP contribution in [0.15, 0.2) is 12.3 Å². The summed E-state index contributed by atoms with van der Waals surface area (Å²) >= 11 is 0. The third-order valence-corrected chi connectivity index (χ3v) is 2.72. The third kappa shape index (κ3) is 14.7. The van der Waals surface area contributed by atoms with E-state index in [1.165, 1.54) is 5.69 Å².